The van der Waals surface area contributed by atoms with Crippen LogP contribution in [0.4, 0.5) is 0 Å². The van der Waals surface area contributed by atoms with Gasteiger partial charge in [0, 0.05) is 28.7 Å². The lowest BCUT2D eigenvalue weighted by atomic mass is 10.1. The van der Waals surface area contributed by atoms with Crippen molar-refractivity contribution in [2.45, 2.75) is 38.6 Å². The Kier molecular flexibility index (Phi) is 6.90. The van der Waals surface area contributed by atoms with Crippen molar-refractivity contribution in [3.05, 3.63) is 62.9 Å². The third-order valence-electron chi connectivity index (χ3n) is 5.95. The number of rotatable bonds is 6. The first-order valence-electron chi connectivity index (χ1n) is 10.5. The number of aliphatic hydroxyl groups excluding tert-OH is 1. The summed E-state index contributed by atoms with van der Waals surface area (Å²) in [6.45, 7) is 2.84. The SMILES string of the molecule is COC(=O)c1ccc2[nH]c(CNC(=O)[C@@H]3[C@@H](O)CCN3Cc3c(Cl)cccc3Cl)nc2c1C. The number of hydrogen-bond donors (Lipinski definition) is 3. The van der Waals surface area contributed by atoms with Gasteiger partial charge in [0.05, 0.1) is 36.4 Å². The predicted molar refractivity (Wildman–Crippen MR) is 125 cm³/mol. The van der Waals surface area contributed by atoms with Crippen LogP contribution in [0.2, 0.25) is 10.0 Å². The van der Waals surface area contributed by atoms with Gasteiger partial charge in [-0.3, -0.25) is 9.69 Å². The number of aromatic amines is 1. The summed E-state index contributed by atoms with van der Waals surface area (Å²) in [4.78, 5) is 34.5. The first-order chi connectivity index (χ1) is 15.8. The minimum atomic E-state index is -0.799. The van der Waals surface area contributed by atoms with E-state index >= 15 is 0 Å². The number of halogens is 2. The highest BCUT2D eigenvalue weighted by molar-refractivity contribution is 6.36. The van der Waals surface area contributed by atoms with Crippen molar-refractivity contribution in [1.29, 1.82) is 0 Å². The Morgan fingerprint density at radius 2 is 2.00 bits per heavy atom. The number of aliphatic hydroxyl groups is 1. The number of ether oxygens (including phenoxy) is 1. The maximum atomic E-state index is 13.0. The molecule has 0 radical (unpaired) electrons. The Hall–Kier alpha value is -2.65. The number of imidazole rings is 1. The van der Waals surface area contributed by atoms with Crippen LogP contribution in [0.25, 0.3) is 11.0 Å². The zero-order valence-electron chi connectivity index (χ0n) is 18.2. The molecule has 1 aliphatic heterocycles. The summed E-state index contributed by atoms with van der Waals surface area (Å²) in [6, 6.07) is 7.97. The molecule has 2 atom stereocenters. The zero-order chi connectivity index (χ0) is 23.7. The van der Waals surface area contributed by atoms with Crippen molar-refractivity contribution in [2.24, 2.45) is 0 Å². The molecular formula is C23H24Cl2N4O4. The number of esters is 1. The Morgan fingerprint density at radius 1 is 1.27 bits per heavy atom. The van der Waals surface area contributed by atoms with Crippen LogP contribution in [0, 0.1) is 6.92 Å². The van der Waals surface area contributed by atoms with E-state index in [9.17, 15) is 14.7 Å². The molecule has 2 aromatic carbocycles. The van der Waals surface area contributed by atoms with Crippen LogP contribution in [0.15, 0.2) is 30.3 Å². The molecule has 0 unspecified atom stereocenters. The maximum Gasteiger partial charge on any atom is 0.338 e. The third kappa shape index (κ3) is 4.70. The fourth-order valence-corrected chi connectivity index (χ4v) is 4.71. The molecule has 0 aliphatic carbocycles. The van der Waals surface area contributed by atoms with E-state index in [-0.39, 0.29) is 12.5 Å². The van der Waals surface area contributed by atoms with Gasteiger partial charge < -0.3 is 20.1 Å². The lowest BCUT2D eigenvalue weighted by molar-refractivity contribution is -0.128. The largest absolute Gasteiger partial charge is 0.465 e. The minimum Gasteiger partial charge on any atom is -0.465 e. The van der Waals surface area contributed by atoms with Crippen molar-refractivity contribution in [1.82, 2.24) is 20.2 Å². The van der Waals surface area contributed by atoms with Crippen molar-refractivity contribution in [2.75, 3.05) is 13.7 Å². The number of methoxy groups -OCH3 is 1. The highest BCUT2D eigenvalue weighted by atomic mass is 35.5. The number of H-pyrrole nitrogens is 1. The zero-order valence-corrected chi connectivity index (χ0v) is 19.7. The van der Waals surface area contributed by atoms with Gasteiger partial charge in [-0.05, 0) is 43.2 Å². The molecule has 0 spiro atoms. The number of hydrogen-bond acceptors (Lipinski definition) is 6. The Bertz CT molecular complexity index is 1190. The molecule has 3 aromatic rings. The quantitative estimate of drug-likeness (QED) is 0.457. The number of carbonyl (C=O) groups is 2. The molecule has 174 valence electrons. The number of carbonyl (C=O) groups excluding carboxylic acids is 2. The Balaban J connectivity index is 1.47. The molecule has 1 aliphatic rings. The maximum absolute atomic E-state index is 13.0. The molecule has 1 amide bonds. The van der Waals surface area contributed by atoms with Gasteiger partial charge in [0.15, 0.2) is 0 Å². The number of aryl methyl sites for hydroxylation is 1. The fraction of sp³-hybridized carbons (Fsp3) is 0.348. The average molecular weight is 491 g/mol. The number of nitrogens with one attached hydrogen (secondary N) is 2. The molecule has 1 aromatic heterocycles. The molecule has 33 heavy (non-hydrogen) atoms. The second kappa shape index (κ2) is 9.69. The highest BCUT2D eigenvalue weighted by Gasteiger charge is 2.38. The van der Waals surface area contributed by atoms with Crippen LogP contribution in [0.3, 0.4) is 0 Å². The van der Waals surface area contributed by atoms with Crippen LogP contribution < -0.4 is 5.32 Å². The standard InChI is InChI=1S/C23H24Cl2N4O4/c1-12-13(23(32)33-2)6-7-17-20(12)28-19(27-17)10-26-22(31)21-18(30)8-9-29(21)11-14-15(24)4-3-5-16(14)25/h3-7,18,21,30H,8-11H2,1-2H3,(H,26,31)(H,27,28)/t18-,21-/m0/s1. The van der Waals surface area contributed by atoms with Gasteiger partial charge in [0.1, 0.15) is 11.9 Å². The summed E-state index contributed by atoms with van der Waals surface area (Å²) in [6.07, 6.45) is -0.327. The van der Waals surface area contributed by atoms with E-state index in [1.165, 1.54) is 7.11 Å². The van der Waals surface area contributed by atoms with E-state index in [2.05, 4.69) is 15.3 Å². The highest BCUT2D eigenvalue weighted by Crippen LogP contribution is 2.29. The lowest BCUT2D eigenvalue weighted by Crippen LogP contribution is -2.47. The summed E-state index contributed by atoms with van der Waals surface area (Å²) >= 11 is 12.6. The minimum absolute atomic E-state index is 0.143. The van der Waals surface area contributed by atoms with Gasteiger partial charge in [0.25, 0.3) is 0 Å². The molecule has 4 rings (SSSR count). The number of benzene rings is 2. The topological polar surface area (TPSA) is 108 Å². The molecule has 8 nitrogen and oxygen atoms in total. The van der Waals surface area contributed by atoms with Gasteiger partial charge in [-0.15, -0.1) is 0 Å². The van der Waals surface area contributed by atoms with Gasteiger partial charge in [-0.1, -0.05) is 29.3 Å². The molecular weight excluding hydrogens is 467 g/mol. The number of aromatic nitrogens is 2. The van der Waals surface area contributed by atoms with Crippen LogP contribution in [0.5, 0.6) is 0 Å². The third-order valence-corrected chi connectivity index (χ3v) is 6.66. The van der Waals surface area contributed by atoms with Gasteiger partial charge in [-0.25, -0.2) is 9.78 Å². The second-order valence-electron chi connectivity index (χ2n) is 8.00. The van der Waals surface area contributed by atoms with E-state index in [0.29, 0.717) is 52.0 Å². The molecule has 3 N–H and O–H groups in total. The predicted octanol–water partition coefficient (Wildman–Crippen LogP) is 3.22. The molecule has 1 saturated heterocycles. The van der Waals surface area contributed by atoms with E-state index in [4.69, 9.17) is 27.9 Å². The first kappa shape index (κ1) is 23.5. The van der Waals surface area contributed by atoms with Gasteiger partial charge in [0.2, 0.25) is 5.91 Å². The smallest absolute Gasteiger partial charge is 0.338 e. The molecule has 0 bridgehead atoms. The molecule has 10 heteroatoms. The molecule has 0 saturated carbocycles. The van der Waals surface area contributed by atoms with Crippen LogP contribution in [-0.4, -0.2) is 57.7 Å². The van der Waals surface area contributed by atoms with Crippen molar-refractivity contribution >= 4 is 46.1 Å². The monoisotopic (exact) mass is 490 g/mol. The lowest BCUT2D eigenvalue weighted by Gasteiger charge is -2.26. The molecule has 2 heterocycles. The van der Waals surface area contributed by atoms with Crippen LogP contribution in [0.1, 0.15) is 33.7 Å². The Morgan fingerprint density at radius 3 is 2.70 bits per heavy atom. The van der Waals surface area contributed by atoms with Crippen molar-refractivity contribution in [3.63, 3.8) is 0 Å². The second-order valence-corrected chi connectivity index (χ2v) is 8.81. The average Bonchev–Trinajstić information content (AvgIpc) is 3.38. The van der Waals surface area contributed by atoms with E-state index < -0.39 is 18.1 Å². The first-order valence-corrected chi connectivity index (χ1v) is 11.2. The van der Waals surface area contributed by atoms with E-state index in [1.54, 1.807) is 37.3 Å². The normalized spacial score (nSPS) is 18.6. The van der Waals surface area contributed by atoms with E-state index in [1.807, 2.05) is 4.90 Å². The summed E-state index contributed by atoms with van der Waals surface area (Å²) < 4.78 is 4.81. The summed E-state index contributed by atoms with van der Waals surface area (Å²) in [5.74, 6) is -0.201. The molecule has 1 fully saturated rings. The number of nitrogens with zero attached hydrogens (tertiary/aromatic N) is 2. The summed E-state index contributed by atoms with van der Waals surface area (Å²) in [5.41, 5.74) is 3.25. The van der Waals surface area contributed by atoms with Crippen LogP contribution in [-0.2, 0) is 22.6 Å². The Labute approximate surface area is 200 Å². The summed E-state index contributed by atoms with van der Waals surface area (Å²) in [5, 5.41) is 14.4. The fourth-order valence-electron chi connectivity index (χ4n) is 4.20. The van der Waals surface area contributed by atoms with Crippen molar-refractivity contribution in [3.8, 4) is 0 Å². The number of amides is 1. The van der Waals surface area contributed by atoms with Crippen molar-refractivity contribution < 1.29 is 19.4 Å². The number of fused-ring (bicyclic) bond motifs is 1. The van der Waals surface area contributed by atoms with Gasteiger partial charge >= 0.3 is 5.97 Å². The summed E-state index contributed by atoms with van der Waals surface area (Å²) in [7, 11) is 1.33. The van der Waals surface area contributed by atoms with Crippen LogP contribution >= 0.6 is 23.2 Å². The van der Waals surface area contributed by atoms with E-state index in [0.717, 1.165) is 11.1 Å². The number of likely N-dealkylation sites (tertiary alicyclic amines) is 1. The van der Waals surface area contributed by atoms with Gasteiger partial charge in [-0.2, -0.15) is 0 Å².